The number of aromatic nitrogens is 2. The lowest BCUT2D eigenvalue weighted by molar-refractivity contribution is 0.356. The van der Waals surface area contributed by atoms with Crippen LogP contribution in [0.25, 0.3) is 21.7 Å². The molecule has 0 fully saturated rings. The van der Waals surface area contributed by atoms with E-state index in [4.69, 9.17) is 19.2 Å². The van der Waals surface area contributed by atoms with Crippen LogP contribution in [0.3, 0.4) is 0 Å². The molecule has 0 atom stereocenters. The fraction of sp³-hybridized carbons (Fsp3) is 0.250. The molecule has 4 rings (SSSR count). The number of H-pyrrole nitrogens is 1. The molecular weight excluding hydrogens is 465 g/mol. The molecule has 4 aromatic rings. The van der Waals surface area contributed by atoms with E-state index >= 15 is 0 Å². The maximum absolute atomic E-state index is 13.0. The summed E-state index contributed by atoms with van der Waals surface area (Å²) < 4.78 is 16.3. The molecule has 2 aromatic carbocycles. The molecule has 0 saturated heterocycles. The first-order valence-corrected chi connectivity index (χ1v) is 9.92. The number of aryl methyl sites for hydroxylation is 1. The Morgan fingerprint density at radius 3 is 2.21 bits per heavy atom. The van der Waals surface area contributed by atoms with E-state index in [-0.39, 0.29) is 30.4 Å². The van der Waals surface area contributed by atoms with E-state index in [0.29, 0.717) is 23.5 Å². The predicted octanol–water partition coefficient (Wildman–Crippen LogP) is 4.89. The van der Waals surface area contributed by atoms with Gasteiger partial charge in [-0.15, -0.1) is 24.8 Å². The number of rotatable bonds is 6. The highest BCUT2D eigenvalue weighted by atomic mass is 35.5. The maximum Gasteiger partial charge on any atom is 0.252 e. The molecular formula is C24H27Cl2N3O4. The van der Waals surface area contributed by atoms with Crippen LogP contribution in [0.15, 0.2) is 41.2 Å². The molecule has 176 valence electrons. The Labute approximate surface area is 204 Å². The van der Waals surface area contributed by atoms with Crippen LogP contribution in [-0.4, -0.2) is 38.3 Å². The zero-order valence-corrected chi connectivity index (χ0v) is 20.7. The van der Waals surface area contributed by atoms with Gasteiger partial charge < -0.3 is 24.5 Å². The van der Waals surface area contributed by atoms with Gasteiger partial charge in [0.05, 0.1) is 26.8 Å². The Bertz CT molecular complexity index is 1360. The van der Waals surface area contributed by atoms with Crippen molar-refractivity contribution in [2.45, 2.75) is 13.3 Å². The molecule has 0 radical (unpaired) electrons. The van der Waals surface area contributed by atoms with E-state index in [1.54, 1.807) is 21.3 Å². The summed E-state index contributed by atoms with van der Waals surface area (Å²) in [6.45, 7) is 1.88. The van der Waals surface area contributed by atoms with Gasteiger partial charge in [-0.05, 0) is 54.3 Å². The van der Waals surface area contributed by atoms with Crippen molar-refractivity contribution in [2.75, 3.05) is 33.7 Å². The summed E-state index contributed by atoms with van der Waals surface area (Å²) >= 11 is 0. The third kappa shape index (κ3) is 4.79. The minimum Gasteiger partial charge on any atom is -0.497 e. The summed E-state index contributed by atoms with van der Waals surface area (Å²) in [5, 5.41) is 5.84. The number of anilines is 1. The quantitative estimate of drug-likeness (QED) is 0.399. The number of halogens is 2. The summed E-state index contributed by atoms with van der Waals surface area (Å²) in [5.41, 5.74) is 3.05. The van der Waals surface area contributed by atoms with E-state index in [0.717, 1.165) is 44.5 Å². The van der Waals surface area contributed by atoms with Gasteiger partial charge in [0.1, 0.15) is 11.6 Å². The molecule has 2 N–H and O–H groups in total. The van der Waals surface area contributed by atoms with Crippen LogP contribution in [0.5, 0.6) is 17.2 Å². The van der Waals surface area contributed by atoms with Gasteiger partial charge in [0.2, 0.25) is 0 Å². The Kier molecular flexibility index (Phi) is 8.41. The number of ether oxygens (including phenoxy) is 3. The zero-order valence-electron chi connectivity index (χ0n) is 19.1. The van der Waals surface area contributed by atoms with Crippen LogP contribution in [0.1, 0.15) is 16.8 Å². The molecule has 0 amide bonds. The van der Waals surface area contributed by atoms with Crippen LogP contribution < -0.4 is 25.1 Å². The van der Waals surface area contributed by atoms with Crippen LogP contribution in [-0.2, 0) is 6.42 Å². The topological polar surface area (TPSA) is 85.5 Å². The number of nitrogens with zero attached hydrogens (tertiary/aromatic N) is 1. The summed E-state index contributed by atoms with van der Waals surface area (Å²) in [5.74, 6) is 2.68. The molecule has 0 unspecified atom stereocenters. The highest BCUT2D eigenvalue weighted by Gasteiger charge is 2.17. The SMILES string of the molecule is CNc1nc2ccc(OC)cc2cc1Cc1c(=O)[nH]c(C)c2cc(OC)c(OC)cc12.Cl.Cl. The van der Waals surface area contributed by atoms with Gasteiger partial charge in [-0.1, -0.05) is 0 Å². The number of hydrogen-bond acceptors (Lipinski definition) is 6. The zero-order chi connectivity index (χ0) is 22.1. The largest absolute Gasteiger partial charge is 0.497 e. The highest BCUT2D eigenvalue weighted by Crippen LogP contribution is 2.35. The molecule has 33 heavy (non-hydrogen) atoms. The summed E-state index contributed by atoms with van der Waals surface area (Å²) in [6, 6.07) is 11.5. The number of fused-ring (bicyclic) bond motifs is 2. The number of aromatic amines is 1. The number of hydrogen-bond donors (Lipinski definition) is 2. The van der Waals surface area contributed by atoms with Crippen LogP contribution in [0.4, 0.5) is 5.82 Å². The molecule has 2 aromatic heterocycles. The van der Waals surface area contributed by atoms with Crippen molar-refractivity contribution in [2.24, 2.45) is 0 Å². The molecule has 9 heteroatoms. The lowest BCUT2D eigenvalue weighted by Gasteiger charge is -2.15. The highest BCUT2D eigenvalue weighted by molar-refractivity contribution is 5.91. The Morgan fingerprint density at radius 2 is 1.61 bits per heavy atom. The molecule has 7 nitrogen and oxygen atoms in total. The second-order valence-corrected chi connectivity index (χ2v) is 7.29. The Balaban J connectivity index is 0.00000193. The number of pyridine rings is 2. The average molecular weight is 492 g/mol. The van der Waals surface area contributed by atoms with Crippen LogP contribution in [0, 0.1) is 6.92 Å². The van der Waals surface area contributed by atoms with Gasteiger partial charge in [-0.25, -0.2) is 4.98 Å². The van der Waals surface area contributed by atoms with E-state index in [2.05, 4.69) is 10.3 Å². The lowest BCUT2D eigenvalue weighted by Crippen LogP contribution is -2.16. The molecule has 0 saturated carbocycles. The van der Waals surface area contributed by atoms with Gasteiger partial charge in [0, 0.05) is 35.5 Å². The van der Waals surface area contributed by atoms with Gasteiger partial charge in [0.15, 0.2) is 11.5 Å². The van der Waals surface area contributed by atoms with E-state index in [9.17, 15) is 4.79 Å². The van der Waals surface area contributed by atoms with E-state index in [1.165, 1.54) is 0 Å². The summed E-state index contributed by atoms with van der Waals surface area (Å²) in [4.78, 5) is 20.7. The van der Waals surface area contributed by atoms with E-state index in [1.807, 2.05) is 50.4 Å². The fourth-order valence-corrected chi connectivity index (χ4v) is 3.92. The number of benzene rings is 2. The predicted molar refractivity (Wildman–Crippen MR) is 138 cm³/mol. The lowest BCUT2D eigenvalue weighted by atomic mass is 9.98. The Morgan fingerprint density at radius 1 is 0.939 bits per heavy atom. The van der Waals surface area contributed by atoms with Gasteiger partial charge >= 0.3 is 0 Å². The summed E-state index contributed by atoms with van der Waals surface area (Å²) in [6.07, 6.45) is 0.401. The summed E-state index contributed by atoms with van der Waals surface area (Å²) in [7, 11) is 6.65. The Hall–Kier alpha value is -3.16. The smallest absolute Gasteiger partial charge is 0.252 e. The molecule has 0 aliphatic rings. The van der Waals surface area contributed by atoms with Gasteiger partial charge in [-0.2, -0.15) is 0 Å². The first-order chi connectivity index (χ1) is 15.0. The average Bonchev–Trinajstić information content (AvgIpc) is 2.79. The number of methoxy groups -OCH3 is 3. The second-order valence-electron chi connectivity index (χ2n) is 7.29. The van der Waals surface area contributed by atoms with E-state index < -0.39 is 0 Å². The van der Waals surface area contributed by atoms with Crippen LogP contribution >= 0.6 is 24.8 Å². The fourth-order valence-electron chi connectivity index (χ4n) is 3.92. The first-order valence-electron chi connectivity index (χ1n) is 9.92. The van der Waals surface area contributed by atoms with Crippen molar-refractivity contribution < 1.29 is 14.2 Å². The minimum absolute atomic E-state index is 0. The third-order valence-electron chi connectivity index (χ3n) is 5.53. The van der Waals surface area contributed by atoms with Crippen molar-refractivity contribution in [3.63, 3.8) is 0 Å². The van der Waals surface area contributed by atoms with Crippen molar-refractivity contribution >= 4 is 52.3 Å². The maximum atomic E-state index is 13.0. The monoisotopic (exact) mass is 491 g/mol. The second kappa shape index (κ2) is 10.6. The van der Waals surface area contributed by atoms with Crippen molar-refractivity contribution in [3.05, 3.63) is 63.6 Å². The van der Waals surface area contributed by atoms with Crippen LogP contribution in [0.2, 0.25) is 0 Å². The molecule has 0 spiro atoms. The van der Waals surface area contributed by atoms with Crippen molar-refractivity contribution in [1.82, 2.24) is 9.97 Å². The third-order valence-corrected chi connectivity index (χ3v) is 5.53. The molecule has 0 aliphatic heterocycles. The van der Waals surface area contributed by atoms with Gasteiger partial charge in [0.25, 0.3) is 5.56 Å². The van der Waals surface area contributed by atoms with Crippen molar-refractivity contribution in [3.8, 4) is 17.2 Å². The number of nitrogens with one attached hydrogen (secondary N) is 2. The van der Waals surface area contributed by atoms with Gasteiger partial charge in [-0.3, -0.25) is 4.79 Å². The molecule has 0 aliphatic carbocycles. The molecule has 0 bridgehead atoms. The first kappa shape index (κ1) is 26.1. The standard InChI is InChI=1S/C24H25N3O4.2ClH/c1-13-17-11-21(30-4)22(31-5)12-18(17)19(24(28)26-13)10-15-8-14-9-16(29-3)6-7-20(14)27-23(15)25-2;;/h6-9,11-12H,10H2,1-5H3,(H,25,27)(H,26,28);2*1H. The normalized spacial score (nSPS) is 10.3. The molecule has 2 heterocycles. The minimum atomic E-state index is -0.134. The van der Waals surface area contributed by atoms with Crippen molar-refractivity contribution in [1.29, 1.82) is 0 Å².